The van der Waals surface area contributed by atoms with E-state index in [2.05, 4.69) is 33.2 Å². The molecule has 3 unspecified atom stereocenters. The second kappa shape index (κ2) is 12.8. The van der Waals surface area contributed by atoms with Gasteiger partial charge in [0.2, 0.25) is 11.8 Å². The standard InChI is InChI=1S/C20H33N5O6S/c1-12-13(2)20(29-8-6-5-7-18(28)23-32)31-17(19(12)30-15(4)27)11-25-10-16(22-24-25)9-21-14(3)26/h10,12-13,17,19-20,32H,5-9,11H2,1-4H3,(H,21,26)(H,23,28)/t12-,13?,17?,19-,20?/m1/s1. The van der Waals surface area contributed by atoms with Crippen molar-refractivity contribution in [1.82, 2.24) is 25.0 Å². The highest BCUT2D eigenvalue weighted by atomic mass is 32.1. The van der Waals surface area contributed by atoms with E-state index in [0.717, 1.165) is 0 Å². The summed E-state index contributed by atoms with van der Waals surface area (Å²) >= 11 is 3.73. The van der Waals surface area contributed by atoms with E-state index in [-0.39, 0.29) is 36.2 Å². The topological polar surface area (TPSA) is 134 Å². The lowest BCUT2D eigenvalue weighted by Crippen LogP contribution is -2.53. The number of carbonyl (C=O) groups excluding carboxylic acids is 3. The molecule has 0 spiro atoms. The van der Waals surface area contributed by atoms with Crippen molar-refractivity contribution >= 4 is 30.6 Å². The van der Waals surface area contributed by atoms with Gasteiger partial charge in [-0.05, 0) is 12.8 Å². The summed E-state index contributed by atoms with van der Waals surface area (Å²) in [6.45, 7) is 7.84. The van der Waals surface area contributed by atoms with Gasteiger partial charge in [0.1, 0.15) is 17.9 Å². The van der Waals surface area contributed by atoms with Crippen LogP contribution in [0.25, 0.3) is 0 Å². The lowest BCUT2D eigenvalue weighted by molar-refractivity contribution is -0.269. The predicted molar refractivity (Wildman–Crippen MR) is 117 cm³/mol. The average Bonchev–Trinajstić information content (AvgIpc) is 3.19. The molecule has 1 aliphatic rings. The first kappa shape index (κ1) is 26.1. The van der Waals surface area contributed by atoms with Gasteiger partial charge in [-0.2, -0.15) is 0 Å². The molecule has 2 rings (SSSR count). The fraction of sp³-hybridized carbons (Fsp3) is 0.750. The molecule has 11 nitrogen and oxygen atoms in total. The van der Waals surface area contributed by atoms with E-state index in [1.165, 1.54) is 13.8 Å². The number of esters is 1. The Balaban J connectivity index is 2.00. The van der Waals surface area contributed by atoms with Crippen LogP contribution >= 0.6 is 12.8 Å². The molecule has 2 heterocycles. The SMILES string of the molecule is CC(=O)NCc1cn(CC2OC(OCCCCC(=O)NS)C(C)[C@@H](C)[C@H]2OC(C)=O)nn1. The second-order valence-electron chi connectivity index (χ2n) is 8.04. The van der Waals surface area contributed by atoms with Crippen molar-refractivity contribution in [3.63, 3.8) is 0 Å². The molecule has 1 aromatic heterocycles. The maximum Gasteiger partial charge on any atom is 0.303 e. The van der Waals surface area contributed by atoms with Crippen molar-refractivity contribution in [2.45, 2.75) is 78.5 Å². The quantitative estimate of drug-likeness (QED) is 0.247. The van der Waals surface area contributed by atoms with Crippen LogP contribution in [0.15, 0.2) is 6.20 Å². The van der Waals surface area contributed by atoms with Gasteiger partial charge in [0.25, 0.3) is 0 Å². The molecule has 32 heavy (non-hydrogen) atoms. The van der Waals surface area contributed by atoms with Gasteiger partial charge < -0.3 is 24.2 Å². The van der Waals surface area contributed by atoms with Gasteiger partial charge in [0.15, 0.2) is 6.29 Å². The first-order chi connectivity index (χ1) is 15.2. The number of nitrogens with one attached hydrogen (secondary N) is 2. The molecule has 0 radical (unpaired) electrons. The maximum atomic E-state index is 11.7. The van der Waals surface area contributed by atoms with E-state index in [0.29, 0.717) is 38.1 Å². The number of hydrogen-bond donors (Lipinski definition) is 3. The molecule has 0 saturated carbocycles. The Morgan fingerprint density at radius 3 is 2.62 bits per heavy atom. The third-order valence-corrected chi connectivity index (χ3v) is 5.68. The molecular weight excluding hydrogens is 438 g/mol. The van der Waals surface area contributed by atoms with Crippen LogP contribution in [0, 0.1) is 11.8 Å². The number of nitrogens with zero attached hydrogens (tertiary/aromatic N) is 3. The molecule has 1 aliphatic heterocycles. The monoisotopic (exact) mass is 471 g/mol. The Bertz CT molecular complexity index is 775. The Morgan fingerprint density at radius 2 is 1.97 bits per heavy atom. The predicted octanol–water partition coefficient (Wildman–Crippen LogP) is 0.991. The molecule has 2 amide bonds. The number of ether oxygens (including phenoxy) is 3. The lowest BCUT2D eigenvalue weighted by atomic mass is 9.84. The van der Waals surface area contributed by atoms with Crippen LogP contribution in [0.1, 0.15) is 52.7 Å². The van der Waals surface area contributed by atoms with Crippen LogP contribution < -0.4 is 10.0 Å². The van der Waals surface area contributed by atoms with E-state index in [1.54, 1.807) is 10.9 Å². The zero-order chi connectivity index (χ0) is 23.7. The minimum absolute atomic E-state index is 0.0117. The number of hydrogen-bond acceptors (Lipinski definition) is 9. The molecule has 1 fully saturated rings. The van der Waals surface area contributed by atoms with E-state index < -0.39 is 18.5 Å². The van der Waals surface area contributed by atoms with Crippen molar-refractivity contribution < 1.29 is 28.6 Å². The van der Waals surface area contributed by atoms with Crippen LogP contribution in [0.3, 0.4) is 0 Å². The molecule has 180 valence electrons. The third kappa shape index (κ3) is 8.06. The summed E-state index contributed by atoms with van der Waals surface area (Å²) in [6.07, 6.45) is 2.05. The Labute approximate surface area is 193 Å². The minimum Gasteiger partial charge on any atom is -0.459 e. The zero-order valence-corrected chi connectivity index (χ0v) is 19.8. The van der Waals surface area contributed by atoms with Gasteiger partial charge in [-0.3, -0.25) is 14.4 Å². The van der Waals surface area contributed by atoms with Gasteiger partial charge in [0.05, 0.1) is 19.3 Å². The fourth-order valence-electron chi connectivity index (χ4n) is 3.52. The number of carbonyl (C=O) groups is 3. The van der Waals surface area contributed by atoms with Crippen LogP contribution in [0.4, 0.5) is 0 Å². The molecule has 5 atom stereocenters. The number of thiol groups is 1. The van der Waals surface area contributed by atoms with E-state index in [1.807, 2.05) is 13.8 Å². The van der Waals surface area contributed by atoms with Gasteiger partial charge >= 0.3 is 5.97 Å². The summed E-state index contributed by atoms with van der Waals surface area (Å²) in [6, 6.07) is 0. The van der Waals surface area contributed by atoms with E-state index >= 15 is 0 Å². The third-order valence-electron chi connectivity index (χ3n) is 5.43. The number of aromatic nitrogens is 3. The van der Waals surface area contributed by atoms with Crippen molar-refractivity contribution in [1.29, 1.82) is 0 Å². The summed E-state index contributed by atoms with van der Waals surface area (Å²) < 4.78 is 21.6. The van der Waals surface area contributed by atoms with Gasteiger partial charge in [-0.25, -0.2) is 4.68 Å². The zero-order valence-electron chi connectivity index (χ0n) is 18.9. The molecule has 12 heteroatoms. The average molecular weight is 472 g/mol. The Kier molecular flexibility index (Phi) is 10.4. The first-order valence-corrected chi connectivity index (χ1v) is 11.2. The van der Waals surface area contributed by atoms with Crippen LogP contribution in [-0.4, -0.2) is 57.9 Å². The van der Waals surface area contributed by atoms with Gasteiger partial charge in [0, 0.05) is 38.7 Å². The molecule has 0 aliphatic carbocycles. The van der Waals surface area contributed by atoms with Crippen molar-refractivity contribution in [3.05, 3.63) is 11.9 Å². The normalized spacial score (nSPS) is 25.2. The largest absolute Gasteiger partial charge is 0.459 e. The summed E-state index contributed by atoms with van der Waals surface area (Å²) in [4.78, 5) is 34.1. The highest BCUT2D eigenvalue weighted by Crippen LogP contribution is 2.34. The lowest BCUT2D eigenvalue weighted by Gasteiger charge is -2.43. The van der Waals surface area contributed by atoms with E-state index in [4.69, 9.17) is 14.2 Å². The molecule has 1 saturated heterocycles. The summed E-state index contributed by atoms with van der Waals surface area (Å²) in [5.41, 5.74) is 0.611. The minimum atomic E-state index is -0.486. The Morgan fingerprint density at radius 1 is 1.22 bits per heavy atom. The van der Waals surface area contributed by atoms with Gasteiger partial charge in [-0.15, -0.1) is 5.10 Å². The summed E-state index contributed by atoms with van der Waals surface area (Å²) in [5, 5.41) is 10.8. The number of amides is 2. The highest BCUT2D eigenvalue weighted by molar-refractivity contribution is 7.78. The molecule has 0 aromatic carbocycles. The number of unbranched alkanes of at least 4 members (excludes halogenated alkanes) is 1. The molecular formula is C20H33N5O6S. The van der Waals surface area contributed by atoms with Crippen molar-refractivity contribution in [2.75, 3.05) is 6.61 Å². The van der Waals surface area contributed by atoms with Gasteiger partial charge in [-0.1, -0.05) is 31.9 Å². The van der Waals surface area contributed by atoms with Crippen molar-refractivity contribution in [2.24, 2.45) is 11.8 Å². The summed E-state index contributed by atoms with van der Waals surface area (Å²) in [5.74, 6) is -0.685. The molecule has 2 N–H and O–H groups in total. The van der Waals surface area contributed by atoms with E-state index in [9.17, 15) is 14.4 Å². The second-order valence-corrected chi connectivity index (χ2v) is 8.26. The Hall–Kier alpha value is -2.18. The fourth-order valence-corrected chi connectivity index (χ4v) is 3.64. The highest BCUT2D eigenvalue weighted by Gasteiger charge is 2.44. The molecule has 1 aromatic rings. The number of rotatable bonds is 11. The summed E-state index contributed by atoms with van der Waals surface area (Å²) in [7, 11) is 0. The van der Waals surface area contributed by atoms with Crippen LogP contribution in [-0.2, 0) is 41.7 Å². The first-order valence-electron chi connectivity index (χ1n) is 10.7. The molecule has 0 bridgehead atoms. The van der Waals surface area contributed by atoms with Crippen LogP contribution in [0.2, 0.25) is 0 Å². The van der Waals surface area contributed by atoms with Crippen LogP contribution in [0.5, 0.6) is 0 Å². The smallest absolute Gasteiger partial charge is 0.303 e. The maximum absolute atomic E-state index is 11.7. The van der Waals surface area contributed by atoms with Crippen molar-refractivity contribution in [3.8, 4) is 0 Å².